The summed E-state index contributed by atoms with van der Waals surface area (Å²) in [7, 11) is -2.61. The topological polar surface area (TPSA) is 86.8 Å². The van der Waals surface area contributed by atoms with E-state index in [1.54, 1.807) is 55.5 Å². The lowest BCUT2D eigenvalue weighted by Crippen LogP contribution is -2.50. The number of carbonyl (C=O) groups excluding carboxylic acids is 2. The Balaban J connectivity index is 2.06. The fraction of sp³-hybridized carbons (Fsp3) is 0.286. The fourth-order valence-electron chi connectivity index (χ4n) is 3.87. The molecule has 0 unspecified atom stereocenters. The van der Waals surface area contributed by atoms with Crippen molar-refractivity contribution in [1.82, 2.24) is 10.2 Å². The molecule has 0 saturated carbocycles. The van der Waals surface area contributed by atoms with E-state index in [1.165, 1.54) is 24.1 Å². The van der Waals surface area contributed by atoms with E-state index in [4.69, 9.17) is 11.6 Å². The molecular weight excluding hydrogens is 510 g/mol. The van der Waals surface area contributed by atoms with Crippen LogP contribution in [0.3, 0.4) is 0 Å². The number of rotatable bonds is 9. The van der Waals surface area contributed by atoms with Crippen LogP contribution in [0.15, 0.2) is 71.6 Å². The summed E-state index contributed by atoms with van der Waals surface area (Å²) in [6.45, 7) is 6.89. The first-order valence-electron chi connectivity index (χ1n) is 11.9. The number of hydrogen-bond donors (Lipinski definition) is 1. The van der Waals surface area contributed by atoms with Gasteiger partial charge in [-0.1, -0.05) is 47.5 Å². The van der Waals surface area contributed by atoms with E-state index in [-0.39, 0.29) is 17.3 Å². The van der Waals surface area contributed by atoms with Crippen LogP contribution in [0.25, 0.3) is 0 Å². The van der Waals surface area contributed by atoms with Crippen molar-refractivity contribution in [3.05, 3.63) is 94.0 Å². The molecule has 0 bridgehead atoms. The minimum atomic E-state index is -4.10. The Morgan fingerprint density at radius 3 is 2.22 bits per heavy atom. The maximum absolute atomic E-state index is 13.8. The number of halogens is 1. The van der Waals surface area contributed by atoms with Crippen LogP contribution in [0.1, 0.15) is 29.2 Å². The molecule has 3 rings (SSSR count). The van der Waals surface area contributed by atoms with Gasteiger partial charge in [-0.05, 0) is 80.8 Å². The maximum atomic E-state index is 13.8. The first kappa shape index (κ1) is 28.2. The zero-order chi connectivity index (χ0) is 27.3. The van der Waals surface area contributed by atoms with Crippen LogP contribution < -0.4 is 9.62 Å². The molecule has 1 atom stereocenters. The summed E-state index contributed by atoms with van der Waals surface area (Å²) in [4.78, 5) is 27.7. The number of nitrogens with one attached hydrogen (secondary N) is 1. The van der Waals surface area contributed by atoms with Gasteiger partial charge in [0.05, 0.1) is 10.6 Å². The Kier molecular flexibility index (Phi) is 8.99. The van der Waals surface area contributed by atoms with E-state index in [1.807, 2.05) is 26.8 Å². The van der Waals surface area contributed by atoms with E-state index in [0.717, 1.165) is 26.6 Å². The second-order valence-corrected chi connectivity index (χ2v) is 11.3. The average Bonchev–Trinajstić information content (AvgIpc) is 2.86. The highest BCUT2D eigenvalue weighted by molar-refractivity contribution is 7.92. The van der Waals surface area contributed by atoms with Gasteiger partial charge < -0.3 is 10.2 Å². The second kappa shape index (κ2) is 11.8. The second-order valence-electron chi connectivity index (χ2n) is 9.04. The van der Waals surface area contributed by atoms with Gasteiger partial charge in [-0.25, -0.2) is 8.42 Å². The molecule has 0 radical (unpaired) electrons. The number of sulfonamides is 1. The van der Waals surface area contributed by atoms with E-state index >= 15 is 0 Å². The van der Waals surface area contributed by atoms with Crippen molar-refractivity contribution in [1.29, 1.82) is 0 Å². The summed E-state index contributed by atoms with van der Waals surface area (Å²) >= 11 is 6.14. The molecule has 9 heteroatoms. The summed E-state index contributed by atoms with van der Waals surface area (Å²) in [6.07, 6.45) is 0. The van der Waals surface area contributed by atoms with Crippen LogP contribution in [0.5, 0.6) is 0 Å². The minimum absolute atomic E-state index is 0.0740. The smallest absolute Gasteiger partial charge is 0.264 e. The highest BCUT2D eigenvalue weighted by Crippen LogP contribution is 2.27. The quantitative estimate of drug-likeness (QED) is 0.428. The van der Waals surface area contributed by atoms with Gasteiger partial charge in [-0.3, -0.25) is 13.9 Å². The molecule has 0 fully saturated rings. The van der Waals surface area contributed by atoms with Gasteiger partial charge in [0.25, 0.3) is 10.0 Å². The predicted molar refractivity (Wildman–Crippen MR) is 147 cm³/mol. The van der Waals surface area contributed by atoms with Crippen LogP contribution in [0, 0.1) is 20.8 Å². The van der Waals surface area contributed by atoms with Crippen molar-refractivity contribution >= 4 is 39.1 Å². The number of hydrogen-bond acceptors (Lipinski definition) is 4. The summed E-state index contributed by atoms with van der Waals surface area (Å²) in [5.74, 6) is -0.889. The zero-order valence-electron chi connectivity index (χ0n) is 21.7. The number of carbonyl (C=O) groups is 2. The van der Waals surface area contributed by atoms with Gasteiger partial charge in [-0.15, -0.1) is 0 Å². The zero-order valence-corrected chi connectivity index (χ0v) is 23.2. The molecule has 0 aliphatic carbocycles. The molecule has 0 saturated heterocycles. The van der Waals surface area contributed by atoms with Gasteiger partial charge in [0.2, 0.25) is 11.8 Å². The third kappa shape index (κ3) is 6.70. The third-order valence-corrected chi connectivity index (χ3v) is 8.35. The Morgan fingerprint density at radius 2 is 1.62 bits per heavy atom. The van der Waals surface area contributed by atoms with Crippen LogP contribution in [-0.2, 0) is 26.2 Å². The average molecular weight is 542 g/mol. The van der Waals surface area contributed by atoms with E-state index in [0.29, 0.717) is 10.7 Å². The summed E-state index contributed by atoms with van der Waals surface area (Å²) in [5, 5.41) is 3.06. The van der Waals surface area contributed by atoms with Crippen LogP contribution in [0.2, 0.25) is 5.02 Å². The normalized spacial score (nSPS) is 12.1. The largest absolute Gasteiger partial charge is 0.357 e. The molecule has 196 valence electrons. The molecule has 2 amide bonds. The highest BCUT2D eigenvalue weighted by Gasteiger charge is 2.32. The van der Waals surface area contributed by atoms with Gasteiger partial charge in [0, 0.05) is 18.6 Å². The van der Waals surface area contributed by atoms with Crippen molar-refractivity contribution in [3.63, 3.8) is 0 Å². The molecule has 3 aromatic rings. The molecule has 37 heavy (non-hydrogen) atoms. The number of benzene rings is 3. The first-order valence-corrected chi connectivity index (χ1v) is 13.7. The SMILES string of the molecule is CNC(=O)[C@@H](C)N(Cc1cccc(Cl)c1)C(=O)CN(c1ccc(C)c(C)c1)S(=O)(=O)c1ccc(C)cc1. The molecular formula is C28H32ClN3O4S. The van der Waals surface area contributed by atoms with Crippen molar-refractivity contribution < 1.29 is 18.0 Å². The van der Waals surface area contributed by atoms with Gasteiger partial charge >= 0.3 is 0 Å². The molecule has 3 aromatic carbocycles. The number of anilines is 1. The number of amides is 2. The standard InChI is InChI=1S/C28H32ClN3O4S/c1-19-9-13-26(14-10-19)37(35,36)32(25-12-11-20(2)21(3)15-25)18-27(33)31(22(4)28(34)30-5)17-23-7-6-8-24(29)16-23/h6-16,22H,17-18H2,1-5H3,(H,30,34)/t22-/m1/s1. The highest BCUT2D eigenvalue weighted by atomic mass is 35.5. The Hall–Kier alpha value is -3.36. The molecule has 0 aliphatic rings. The third-order valence-electron chi connectivity index (χ3n) is 6.32. The molecule has 1 N–H and O–H groups in total. The Labute approximate surface area is 224 Å². The summed E-state index contributed by atoms with van der Waals surface area (Å²) in [5.41, 5.74) is 3.89. The molecule has 7 nitrogen and oxygen atoms in total. The van der Waals surface area contributed by atoms with E-state index in [2.05, 4.69) is 5.32 Å². The van der Waals surface area contributed by atoms with E-state index < -0.39 is 28.5 Å². The van der Waals surface area contributed by atoms with Crippen molar-refractivity contribution in [3.8, 4) is 0 Å². The van der Waals surface area contributed by atoms with Gasteiger partial charge in [0.15, 0.2) is 0 Å². The van der Waals surface area contributed by atoms with Crippen LogP contribution in [0.4, 0.5) is 5.69 Å². The van der Waals surface area contributed by atoms with Crippen LogP contribution >= 0.6 is 11.6 Å². The summed E-state index contributed by atoms with van der Waals surface area (Å²) < 4.78 is 28.7. The Morgan fingerprint density at radius 1 is 0.946 bits per heavy atom. The number of likely N-dealkylation sites (N-methyl/N-ethyl adjacent to an activating group) is 1. The van der Waals surface area contributed by atoms with Gasteiger partial charge in [-0.2, -0.15) is 0 Å². The molecule has 0 aromatic heterocycles. The van der Waals surface area contributed by atoms with Crippen molar-refractivity contribution in [2.45, 2.75) is 45.2 Å². The monoisotopic (exact) mass is 541 g/mol. The first-order chi connectivity index (χ1) is 17.4. The Bertz CT molecular complexity index is 1390. The van der Waals surface area contributed by atoms with Crippen LogP contribution in [-0.4, -0.2) is 44.8 Å². The number of nitrogens with zero attached hydrogens (tertiary/aromatic N) is 2. The summed E-state index contributed by atoms with van der Waals surface area (Å²) in [6, 6.07) is 17.9. The van der Waals surface area contributed by atoms with Gasteiger partial charge in [0.1, 0.15) is 12.6 Å². The lowest BCUT2D eigenvalue weighted by Gasteiger charge is -2.32. The number of aryl methyl sites for hydroxylation is 3. The lowest BCUT2D eigenvalue weighted by molar-refractivity contribution is -0.139. The van der Waals surface area contributed by atoms with Crippen molar-refractivity contribution in [2.75, 3.05) is 17.9 Å². The lowest BCUT2D eigenvalue weighted by atomic mass is 10.1. The molecule has 0 aliphatic heterocycles. The molecule has 0 heterocycles. The predicted octanol–water partition coefficient (Wildman–Crippen LogP) is 4.62. The minimum Gasteiger partial charge on any atom is -0.357 e. The van der Waals surface area contributed by atoms with E-state index in [9.17, 15) is 18.0 Å². The molecule has 0 spiro atoms. The van der Waals surface area contributed by atoms with Crippen molar-refractivity contribution in [2.24, 2.45) is 0 Å². The fourth-order valence-corrected chi connectivity index (χ4v) is 5.49. The maximum Gasteiger partial charge on any atom is 0.264 e.